The van der Waals surface area contributed by atoms with E-state index in [1.165, 1.54) is 0 Å². The van der Waals surface area contributed by atoms with Gasteiger partial charge < -0.3 is 14.6 Å². The third kappa shape index (κ3) is 3.16. The molecule has 0 radical (unpaired) electrons. The molecule has 0 aliphatic heterocycles. The van der Waals surface area contributed by atoms with Crippen LogP contribution in [0.2, 0.25) is 0 Å². The largest absolute Gasteiger partial charge is 0.392 e. The van der Waals surface area contributed by atoms with Crippen molar-refractivity contribution in [3.05, 3.63) is 41.5 Å². The van der Waals surface area contributed by atoms with Crippen molar-refractivity contribution in [1.82, 2.24) is 0 Å². The Kier molecular flexibility index (Phi) is 5.04. The molecule has 0 aliphatic carbocycles. The van der Waals surface area contributed by atoms with E-state index >= 15 is 0 Å². The van der Waals surface area contributed by atoms with E-state index in [1.807, 2.05) is 30.3 Å². The Bertz CT molecular complexity index is 316. The van der Waals surface area contributed by atoms with Gasteiger partial charge in [0, 0.05) is 19.8 Å². The predicted octanol–water partition coefficient (Wildman–Crippen LogP) is 1.98. The van der Waals surface area contributed by atoms with E-state index in [-0.39, 0.29) is 12.9 Å². The Hall–Kier alpha value is -1.16. The zero-order valence-corrected chi connectivity index (χ0v) is 9.01. The second kappa shape index (κ2) is 6.35. The van der Waals surface area contributed by atoms with Crippen LogP contribution < -0.4 is 0 Å². The van der Waals surface area contributed by atoms with Gasteiger partial charge in [-0.15, -0.1) is 0 Å². The summed E-state index contributed by atoms with van der Waals surface area (Å²) in [6.07, 6.45) is 3.16. The molecule has 1 aromatic carbocycles. The molecule has 0 fully saturated rings. The van der Waals surface area contributed by atoms with Crippen molar-refractivity contribution in [3.8, 4) is 0 Å². The van der Waals surface area contributed by atoms with Crippen molar-refractivity contribution < 1.29 is 14.6 Å². The molecule has 15 heavy (non-hydrogen) atoms. The summed E-state index contributed by atoms with van der Waals surface area (Å²) in [5.41, 5.74) is 1.94. The van der Waals surface area contributed by atoms with E-state index in [4.69, 9.17) is 14.6 Å². The number of rotatable bonds is 5. The number of hydrogen-bond donors (Lipinski definition) is 1. The topological polar surface area (TPSA) is 38.7 Å². The van der Waals surface area contributed by atoms with Crippen LogP contribution in [0.25, 0.3) is 6.08 Å². The standard InChI is InChI=1S/C12H16O3/c1-14-12(15-2)11-8-4-3-6-10(11)7-5-9-13/h3-8,12-13H,9H2,1-2H3. The highest BCUT2D eigenvalue weighted by molar-refractivity contribution is 5.54. The lowest BCUT2D eigenvalue weighted by Crippen LogP contribution is -2.05. The number of aliphatic hydroxyl groups is 1. The monoisotopic (exact) mass is 208 g/mol. The van der Waals surface area contributed by atoms with Crippen LogP contribution in [0.15, 0.2) is 30.3 Å². The number of methoxy groups -OCH3 is 2. The average molecular weight is 208 g/mol. The molecule has 0 saturated heterocycles. The van der Waals surface area contributed by atoms with E-state index in [0.717, 1.165) is 11.1 Å². The fraction of sp³-hybridized carbons (Fsp3) is 0.333. The average Bonchev–Trinajstić information content (AvgIpc) is 2.29. The molecule has 82 valence electrons. The molecule has 0 aliphatic rings. The van der Waals surface area contributed by atoms with Gasteiger partial charge in [0.25, 0.3) is 0 Å². The van der Waals surface area contributed by atoms with Gasteiger partial charge in [-0.2, -0.15) is 0 Å². The summed E-state index contributed by atoms with van der Waals surface area (Å²) < 4.78 is 10.4. The van der Waals surface area contributed by atoms with Gasteiger partial charge in [0.1, 0.15) is 0 Å². The first kappa shape index (κ1) is 11.9. The van der Waals surface area contributed by atoms with Crippen LogP contribution >= 0.6 is 0 Å². The lowest BCUT2D eigenvalue weighted by Gasteiger charge is -2.15. The molecule has 0 unspecified atom stereocenters. The lowest BCUT2D eigenvalue weighted by atomic mass is 10.1. The van der Waals surface area contributed by atoms with Gasteiger partial charge >= 0.3 is 0 Å². The van der Waals surface area contributed by atoms with Crippen LogP contribution in [0.3, 0.4) is 0 Å². The van der Waals surface area contributed by atoms with E-state index in [0.29, 0.717) is 0 Å². The summed E-state index contributed by atoms with van der Waals surface area (Å²) in [5, 5.41) is 8.72. The van der Waals surface area contributed by atoms with Gasteiger partial charge in [0.05, 0.1) is 6.61 Å². The molecule has 0 saturated carbocycles. The molecule has 3 heteroatoms. The minimum Gasteiger partial charge on any atom is -0.392 e. The van der Waals surface area contributed by atoms with Crippen molar-refractivity contribution in [1.29, 1.82) is 0 Å². The maximum atomic E-state index is 8.72. The first-order chi connectivity index (χ1) is 7.33. The summed E-state index contributed by atoms with van der Waals surface area (Å²) in [6.45, 7) is 0.0268. The summed E-state index contributed by atoms with van der Waals surface area (Å²) in [7, 11) is 3.20. The zero-order chi connectivity index (χ0) is 11.1. The summed E-state index contributed by atoms with van der Waals surface area (Å²) >= 11 is 0. The molecule has 1 rings (SSSR count). The van der Waals surface area contributed by atoms with Crippen molar-refractivity contribution in [3.63, 3.8) is 0 Å². The first-order valence-electron chi connectivity index (χ1n) is 4.75. The van der Waals surface area contributed by atoms with Gasteiger partial charge in [-0.05, 0) is 5.56 Å². The Morgan fingerprint density at radius 3 is 2.53 bits per heavy atom. The van der Waals surface area contributed by atoms with Gasteiger partial charge in [-0.25, -0.2) is 0 Å². The van der Waals surface area contributed by atoms with E-state index in [9.17, 15) is 0 Å². The number of benzene rings is 1. The first-order valence-corrected chi connectivity index (χ1v) is 4.75. The molecular formula is C12H16O3. The van der Waals surface area contributed by atoms with Crippen LogP contribution in [0.1, 0.15) is 17.4 Å². The molecule has 0 heterocycles. The molecule has 0 bridgehead atoms. The molecular weight excluding hydrogens is 192 g/mol. The fourth-order valence-electron chi connectivity index (χ4n) is 1.41. The molecule has 0 spiro atoms. The van der Waals surface area contributed by atoms with Gasteiger partial charge in [-0.3, -0.25) is 0 Å². The fourth-order valence-corrected chi connectivity index (χ4v) is 1.41. The van der Waals surface area contributed by atoms with Gasteiger partial charge in [0.15, 0.2) is 6.29 Å². The Balaban J connectivity index is 2.99. The third-order valence-corrected chi connectivity index (χ3v) is 2.08. The molecule has 3 nitrogen and oxygen atoms in total. The third-order valence-electron chi connectivity index (χ3n) is 2.08. The Morgan fingerprint density at radius 1 is 1.27 bits per heavy atom. The molecule has 0 amide bonds. The Morgan fingerprint density at radius 2 is 1.93 bits per heavy atom. The van der Waals surface area contributed by atoms with Crippen molar-refractivity contribution in [2.45, 2.75) is 6.29 Å². The molecule has 1 N–H and O–H groups in total. The zero-order valence-electron chi connectivity index (χ0n) is 9.01. The lowest BCUT2D eigenvalue weighted by molar-refractivity contribution is -0.106. The molecule has 0 aromatic heterocycles. The number of hydrogen-bond acceptors (Lipinski definition) is 3. The highest BCUT2D eigenvalue weighted by atomic mass is 16.7. The van der Waals surface area contributed by atoms with E-state index < -0.39 is 0 Å². The normalized spacial score (nSPS) is 11.5. The number of aliphatic hydroxyl groups excluding tert-OH is 1. The highest BCUT2D eigenvalue weighted by Gasteiger charge is 2.11. The highest BCUT2D eigenvalue weighted by Crippen LogP contribution is 2.22. The van der Waals surface area contributed by atoms with Gasteiger partial charge in [-0.1, -0.05) is 36.4 Å². The summed E-state index contributed by atoms with van der Waals surface area (Å²) in [5.74, 6) is 0. The minimum atomic E-state index is -0.371. The predicted molar refractivity (Wildman–Crippen MR) is 59.3 cm³/mol. The van der Waals surface area contributed by atoms with E-state index in [1.54, 1.807) is 20.3 Å². The maximum Gasteiger partial charge on any atom is 0.183 e. The minimum absolute atomic E-state index is 0.0268. The second-order valence-corrected chi connectivity index (χ2v) is 3.02. The number of ether oxygens (including phenoxy) is 2. The van der Waals surface area contributed by atoms with Crippen LogP contribution in [-0.2, 0) is 9.47 Å². The van der Waals surface area contributed by atoms with Crippen molar-refractivity contribution in [2.75, 3.05) is 20.8 Å². The Labute approximate surface area is 90.0 Å². The van der Waals surface area contributed by atoms with Crippen molar-refractivity contribution in [2.24, 2.45) is 0 Å². The van der Waals surface area contributed by atoms with Crippen LogP contribution in [-0.4, -0.2) is 25.9 Å². The SMILES string of the molecule is COC(OC)c1ccccc1C=CCO. The molecule has 1 aromatic rings. The smallest absolute Gasteiger partial charge is 0.183 e. The molecule has 0 atom stereocenters. The van der Waals surface area contributed by atoms with Gasteiger partial charge in [0.2, 0.25) is 0 Å². The van der Waals surface area contributed by atoms with Crippen molar-refractivity contribution >= 4 is 6.08 Å². The second-order valence-electron chi connectivity index (χ2n) is 3.02. The maximum absolute atomic E-state index is 8.72. The van der Waals surface area contributed by atoms with E-state index in [2.05, 4.69) is 0 Å². The summed E-state index contributed by atoms with van der Waals surface area (Å²) in [6, 6.07) is 7.75. The van der Waals surface area contributed by atoms with Crippen LogP contribution in [0.4, 0.5) is 0 Å². The van der Waals surface area contributed by atoms with Crippen LogP contribution in [0, 0.1) is 0 Å². The quantitative estimate of drug-likeness (QED) is 0.752. The van der Waals surface area contributed by atoms with Crippen LogP contribution in [0.5, 0.6) is 0 Å². The summed E-state index contributed by atoms with van der Waals surface area (Å²) in [4.78, 5) is 0.